The summed E-state index contributed by atoms with van der Waals surface area (Å²) in [7, 11) is 0. The SMILES string of the molecule is CCNc1nc(NCc2ncon2)c2ccccc2n1. The maximum absolute atomic E-state index is 4.71. The minimum atomic E-state index is 0.447. The number of fused-ring (bicyclic) bond motifs is 1. The van der Waals surface area contributed by atoms with Crippen molar-refractivity contribution in [1.29, 1.82) is 0 Å². The number of para-hydroxylation sites is 1. The molecular formula is C13H14N6O. The Bertz CT molecular complexity index is 697. The molecule has 0 aliphatic heterocycles. The fourth-order valence-corrected chi connectivity index (χ4v) is 1.88. The normalized spacial score (nSPS) is 10.7. The summed E-state index contributed by atoms with van der Waals surface area (Å²) in [6.45, 7) is 3.22. The Hall–Kier alpha value is -2.70. The summed E-state index contributed by atoms with van der Waals surface area (Å²) >= 11 is 0. The Kier molecular flexibility index (Phi) is 3.40. The van der Waals surface area contributed by atoms with Crippen LogP contribution in [-0.2, 0) is 6.54 Å². The minimum Gasteiger partial charge on any atom is -0.362 e. The summed E-state index contributed by atoms with van der Waals surface area (Å²) in [6, 6.07) is 7.84. The van der Waals surface area contributed by atoms with E-state index in [1.807, 2.05) is 31.2 Å². The second-order valence-corrected chi connectivity index (χ2v) is 4.14. The van der Waals surface area contributed by atoms with Gasteiger partial charge in [0.05, 0.1) is 12.1 Å². The molecule has 1 aromatic carbocycles. The lowest BCUT2D eigenvalue weighted by molar-refractivity contribution is 0.411. The molecule has 0 atom stereocenters. The molecule has 0 unspecified atom stereocenters. The Labute approximate surface area is 115 Å². The molecule has 7 nitrogen and oxygen atoms in total. The van der Waals surface area contributed by atoms with E-state index < -0.39 is 0 Å². The predicted molar refractivity (Wildman–Crippen MR) is 75.3 cm³/mol. The van der Waals surface area contributed by atoms with Crippen molar-refractivity contribution in [2.75, 3.05) is 17.2 Å². The predicted octanol–water partition coefficient (Wildman–Crippen LogP) is 2.06. The largest absolute Gasteiger partial charge is 0.362 e. The average Bonchev–Trinajstić information content (AvgIpc) is 2.98. The molecule has 0 saturated carbocycles. The Morgan fingerprint density at radius 1 is 1.15 bits per heavy atom. The van der Waals surface area contributed by atoms with Crippen LogP contribution in [0.5, 0.6) is 0 Å². The zero-order valence-electron chi connectivity index (χ0n) is 11.0. The van der Waals surface area contributed by atoms with Gasteiger partial charge in [0.15, 0.2) is 5.82 Å². The zero-order chi connectivity index (χ0) is 13.8. The summed E-state index contributed by atoms with van der Waals surface area (Å²) in [5, 5.41) is 11.1. The molecule has 2 aromatic heterocycles. The van der Waals surface area contributed by atoms with Gasteiger partial charge in [0.1, 0.15) is 5.82 Å². The number of hydrogen-bond acceptors (Lipinski definition) is 7. The first kappa shape index (κ1) is 12.3. The van der Waals surface area contributed by atoms with Gasteiger partial charge in [-0.3, -0.25) is 0 Å². The standard InChI is InChI=1S/C13H14N6O/c1-2-14-13-17-10-6-4-3-5-9(10)12(18-13)15-7-11-16-8-20-19-11/h3-6,8H,2,7H2,1H3,(H2,14,15,17,18). The average molecular weight is 270 g/mol. The number of rotatable bonds is 5. The van der Waals surface area contributed by atoms with E-state index in [2.05, 4.69) is 30.7 Å². The molecule has 0 bridgehead atoms. The van der Waals surface area contributed by atoms with Gasteiger partial charge in [-0.25, -0.2) is 4.98 Å². The fourth-order valence-electron chi connectivity index (χ4n) is 1.88. The van der Waals surface area contributed by atoms with Gasteiger partial charge in [0.25, 0.3) is 0 Å². The van der Waals surface area contributed by atoms with Crippen LogP contribution in [0.25, 0.3) is 10.9 Å². The number of anilines is 2. The lowest BCUT2D eigenvalue weighted by Crippen LogP contribution is -2.08. The van der Waals surface area contributed by atoms with Crippen LogP contribution in [0, 0.1) is 0 Å². The van der Waals surface area contributed by atoms with E-state index in [1.165, 1.54) is 6.39 Å². The minimum absolute atomic E-state index is 0.447. The van der Waals surface area contributed by atoms with E-state index in [1.54, 1.807) is 0 Å². The van der Waals surface area contributed by atoms with Crippen LogP contribution in [0.3, 0.4) is 0 Å². The third-order valence-corrected chi connectivity index (χ3v) is 2.76. The second kappa shape index (κ2) is 5.52. The van der Waals surface area contributed by atoms with E-state index in [4.69, 9.17) is 4.52 Å². The summed E-state index contributed by atoms with van der Waals surface area (Å²) < 4.78 is 4.71. The summed E-state index contributed by atoms with van der Waals surface area (Å²) in [5.74, 6) is 1.93. The smallest absolute Gasteiger partial charge is 0.225 e. The maximum Gasteiger partial charge on any atom is 0.225 e. The molecule has 0 spiro atoms. The van der Waals surface area contributed by atoms with Gasteiger partial charge in [-0.2, -0.15) is 9.97 Å². The first-order valence-corrected chi connectivity index (χ1v) is 6.36. The molecule has 0 fully saturated rings. The van der Waals surface area contributed by atoms with Crippen molar-refractivity contribution in [2.45, 2.75) is 13.5 Å². The van der Waals surface area contributed by atoms with Gasteiger partial charge in [-0.05, 0) is 19.1 Å². The van der Waals surface area contributed by atoms with Crippen LogP contribution >= 0.6 is 0 Å². The first-order chi connectivity index (χ1) is 9.86. The highest BCUT2D eigenvalue weighted by atomic mass is 16.5. The summed E-state index contributed by atoms with van der Waals surface area (Å²) in [5.41, 5.74) is 0.883. The van der Waals surface area contributed by atoms with Crippen molar-refractivity contribution >= 4 is 22.7 Å². The molecule has 0 saturated heterocycles. The first-order valence-electron chi connectivity index (χ1n) is 6.36. The van der Waals surface area contributed by atoms with E-state index in [0.29, 0.717) is 18.3 Å². The van der Waals surface area contributed by atoms with Crippen molar-refractivity contribution in [3.05, 3.63) is 36.5 Å². The summed E-state index contributed by atoms with van der Waals surface area (Å²) in [4.78, 5) is 12.9. The van der Waals surface area contributed by atoms with Crippen LogP contribution in [-0.4, -0.2) is 26.7 Å². The van der Waals surface area contributed by atoms with Crippen molar-refractivity contribution < 1.29 is 4.52 Å². The molecule has 0 aliphatic carbocycles. The molecular weight excluding hydrogens is 256 g/mol. The quantitative estimate of drug-likeness (QED) is 0.733. The van der Waals surface area contributed by atoms with Gasteiger partial charge in [0, 0.05) is 11.9 Å². The summed E-state index contributed by atoms with van der Waals surface area (Å²) in [6.07, 6.45) is 1.30. The number of nitrogens with zero attached hydrogens (tertiary/aromatic N) is 4. The molecule has 102 valence electrons. The maximum atomic E-state index is 4.71. The third kappa shape index (κ3) is 2.51. The highest BCUT2D eigenvalue weighted by Crippen LogP contribution is 2.21. The number of hydrogen-bond donors (Lipinski definition) is 2. The number of nitrogens with one attached hydrogen (secondary N) is 2. The van der Waals surface area contributed by atoms with Gasteiger partial charge in [-0.1, -0.05) is 17.3 Å². The van der Waals surface area contributed by atoms with Crippen LogP contribution < -0.4 is 10.6 Å². The van der Waals surface area contributed by atoms with E-state index in [-0.39, 0.29) is 0 Å². The van der Waals surface area contributed by atoms with Crippen LogP contribution in [0.4, 0.5) is 11.8 Å². The molecule has 2 heterocycles. The van der Waals surface area contributed by atoms with E-state index in [0.717, 1.165) is 23.3 Å². The molecule has 0 aliphatic rings. The topological polar surface area (TPSA) is 88.8 Å². The van der Waals surface area contributed by atoms with Crippen LogP contribution in [0.15, 0.2) is 35.2 Å². The van der Waals surface area contributed by atoms with Crippen molar-refractivity contribution in [3.63, 3.8) is 0 Å². The van der Waals surface area contributed by atoms with Gasteiger partial charge in [0.2, 0.25) is 12.3 Å². The van der Waals surface area contributed by atoms with Gasteiger partial charge in [-0.15, -0.1) is 0 Å². The van der Waals surface area contributed by atoms with Gasteiger partial charge >= 0.3 is 0 Å². The second-order valence-electron chi connectivity index (χ2n) is 4.14. The molecule has 0 radical (unpaired) electrons. The van der Waals surface area contributed by atoms with E-state index >= 15 is 0 Å². The van der Waals surface area contributed by atoms with Crippen LogP contribution in [0.2, 0.25) is 0 Å². The lowest BCUT2D eigenvalue weighted by atomic mass is 10.2. The number of benzene rings is 1. The van der Waals surface area contributed by atoms with Crippen LogP contribution in [0.1, 0.15) is 12.7 Å². The molecule has 2 N–H and O–H groups in total. The highest BCUT2D eigenvalue weighted by molar-refractivity contribution is 5.89. The Morgan fingerprint density at radius 3 is 2.85 bits per heavy atom. The Balaban J connectivity index is 1.94. The molecule has 0 amide bonds. The highest BCUT2D eigenvalue weighted by Gasteiger charge is 2.07. The fraction of sp³-hybridized carbons (Fsp3) is 0.231. The van der Waals surface area contributed by atoms with Gasteiger partial charge < -0.3 is 15.2 Å². The number of aromatic nitrogens is 4. The van der Waals surface area contributed by atoms with Crippen molar-refractivity contribution in [3.8, 4) is 0 Å². The van der Waals surface area contributed by atoms with Crippen molar-refractivity contribution in [1.82, 2.24) is 20.1 Å². The lowest BCUT2D eigenvalue weighted by Gasteiger charge is -2.09. The molecule has 3 rings (SSSR count). The molecule has 3 aromatic rings. The van der Waals surface area contributed by atoms with Crippen molar-refractivity contribution in [2.24, 2.45) is 0 Å². The monoisotopic (exact) mass is 270 g/mol. The third-order valence-electron chi connectivity index (χ3n) is 2.76. The molecule has 20 heavy (non-hydrogen) atoms. The Morgan fingerprint density at radius 2 is 2.05 bits per heavy atom. The molecule has 7 heteroatoms. The zero-order valence-corrected chi connectivity index (χ0v) is 11.0. The van der Waals surface area contributed by atoms with E-state index in [9.17, 15) is 0 Å².